The van der Waals surface area contributed by atoms with Crippen molar-refractivity contribution >= 4 is 11.3 Å². The zero-order valence-electron chi connectivity index (χ0n) is 10.4. The molecule has 3 nitrogen and oxygen atoms in total. The first-order valence-corrected chi connectivity index (χ1v) is 6.60. The molecule has 0 atom stereocenters. The van der Waals surface area contributed by atoms with E-state index in [2.05, 4.69) is 11.8 Å². The quantitative estimate of drug-likeness (QED) is 0.883. The minimum atomic E-state index is -0.592. The number of rotatable bonds is 3. The minimum Gasteiger partial charge on any atom is -0.488 e. The number of halogens is 1. The SMILES string of the molecule is N#Cc1ccc(OCc2cc(C#CCO)cs2)cc1F. The third-order valence-corrected chi connectivity index (χ3v) is 3.32. The lowest BCUT2D eigenvalue weighted by atomic mass is 10.2. The topological polar surface area (TPSA) is 53.2 Å². The standard InChI is InChI=1S/C15H10FNO2S/c16-15-7-13(4-3-12(15)8-17)19-9-14-6-11(10-20-14)2-1-5-18/h3-4,6-7,10,18H,5,9H2. The van der Waals surface area contributed by atoms with E-state index in [9.17, 15) is 4.39 Å². The molecule has 2 rings (SSSR count). The molecule has 1 aromatic heterocycles. The van der Waals surface area contributed by atoms with Gasteiger partial charge in [-0.05, 0) is 18.2 Å². The molecule has 0 fully saturated rings. The number of hydrogen-bond acceptors (Lipinski definition) is 4. The molecule has 1 N–H and O–H groups in total. The molecule has 0 radical (unpaired) electrons. The molecule has 0 amide bonds. The van der Waals surface area contributed by atoms with Gasteiger partial charge in [0.25, 0.3) is 0 Å². The second-order valence-electron chi connectivity index (χ2n) is 3.80. The van der Waals surface area contributed by atoms with Gasteiger partial charge in [-0.25, -0.2) is 4.39 Å². The Balaban J connectivity index is 2.00. The molecular weight excluding hydrogens is 277 g/mol. The maximum Gasteiger partial charge on any atom is 0.144 e. The van der Waals surface area contributed by atoms with Gasteiger partial charge in [-0.1, -0.05) is 11.8 Å². The fraction of sp³-hybridized carbons (Fsp3) is 0.133. The van der Waals surface area contributed by atoms with Crippen molar-refractivity contribution < 1.29 is 14.2 Å². The summed E-state index contributed by atoms with van der Waals surface area (Å²) in [5.41, 5.74) is 0.809. The molecule has 0 bridgehead atoms. The number of nitrogens with zero attached hydrogens (tertiary/aromatic N) is 1. The Labute approximate surface area is 119 Å². The molecule has 1 heterocycles. The van der Waals surface area contributed by atoms with E-state index in [4.69, 9.17) is 15.1 Å². The zero-order chi connectivity index (χ0) is 14.4. The average molecular weight is 287 g/mol. The summed E-state index contributed by atoms with van der Waals surface area (Å²) in [5.74, 6) is 5.14. The molecule has 2 aromatic rings. The van der Waals surface area contributed by atoms with Crippen LogP contribution in [0.5, 0.6) is 5.75 Å². The van der Waals surface area contributed by atoms with E-state index >= 15 is 0 Å². The van der Waals surface area contributed by atoms with Crippen LogP contribution in [-0.4, -0.2) is 11.7 Å². The van der Waals surface area contributed by atoms with Gasteiger partial charge in [0.1, 0.15) is 30.8 Å². The summed E-state index contributed by atoms with van der Waals surface area (Å²) in [6, 6.07) is 7.75. The van der Waals surface area contributed by atoms with Crippen molar-refractivity contribution in [1.82, 2.24) is 0 Å². The molecule has 1 aromatic carbocycles. The molecule has 0 spiro atoms. The number of aliphatic hydroxyl groups is 1. The number of hydrogen-bond donors (Lipinski definition) is 1. The van der Waals surface area contributed by atoms with Gasteiger partial charge in [0.15, 0.2) is 0 Å². The number of aliphatic hydroxyl groups excluding tert-OH is 1. The fourth-order valence-corrected chi connectivity index (χ4v) is 2.22. The molecule has 0 aliphatic heterocycles. The third-order valence-electron chi connectivity index (χ3n) is 2.41. The van der Waals surface area contributed by atoms with Crippen LogP contribution in [0, 0.1) is 29.0 Å². The predicted octanol–water partition coefficient (Wildman–Crippen LogP) is 2.68. The molecule has 100 valence electrons. The van der Waals surface area contributed by atoms with Crippen molar-refractivity contribution in [2.24, 2.45) is 0 Å². The van der Waals surface area contributed by atoms with E-state index in [1.807, 2.05) is 11.4 Å². The van der Waals surface area contributed by atoms with Crippen LogP contribution < -0.4 is 4.74 Å². The highest BCUT2D eigenvalue weighted by molar-refractivity contribution is 7.10. The molecule has 20 heavy (non-hydrogen) atoms. The van der Waals surface area contributed by atoms with E-state index in [0.717, 1.165) is 10.4 Å². The Morgan fingerprint density at radius 3 is 2.90 bits per heavy atom. The highest BCUT2D eigenvalue weighted by Crippen LogP contribution is 2.20. The largest absolute Gasteiger partial charge is 0.488 e. The normalized spacial score (nSPS) is 9.45. The zero-order valence-corrected chi connectivity index (χ0v) is 11.2. The number of nitriles is 1. The second kappa shape index (κ2) is 6.72. The lowest BCUT2D eigenvalue weighted by Gasteiger charge is -2.04. The van der Waals surface area contributed by atoms with Crippen molar-refractivity contribution in [3.8, 4) is 23.7 Å². The smallest absolute Gasteiger partial charge is 0.144 e. The van der Waals surface area contributed by atoms with Gasteiger partial charge in [-0.3, -0.25) is 0 Å². The number of ether oxygens (including phenoxy) is 1. The van der Waals surface area contributed by atoms with Gasteiger partial charge in [-0.15, -0.1) is 11.3 Å². The summed E-state index contributed by atoms with van der Waals surface area (Å²) in [5, 5.41) is 19.1. The van der Waals surface area contributed by atoms with Crippen molar-refractivity contribution in [2.45, 2.75) is 6.61 Å². The summed E-state index contributed by atoms with van der Waals surface area (Å²) < 4.78 is 18.8. The predicted molar refractivity (Wildman–Crippen MR) is 73.7 cm³/mol. The van der Waals surface area contributed by atoms with Gasteiger partial charge < -0.3 is 9.84 Å². The Morgan fingerprint density at radius 1 is 1.35 bits per heavy atom. The van der Waals surface area contributed by atoms with Crippen molar-refractivity contribution in [2.75, 3.05) is 6.61 Å². The third kappa shape index (κ3) is 3.58. The Bertz CT molecular complexity index is 707. The molecular formula is C15H10FNO2S. The number of thiophene rings is 1. The maximum atomic E-state index is 13.4. The summed E-state index contributed by atoms with van der Waals surface area (Å²) in [6.45, 7) is 0.128. The van der Waals surface area contributed by atoms with Crippen LogP contribution in [0.25, 0.3) is 0 Å². The van der Waals surface area contributed by atoms with Gasteiger partial charge in [0.2, 0.25) is 0 Å². The minimum absolute atomic E-state index is 0.00459. The molecule has 0 saturated heterocycles. The monoisotopic (exact) mass is 287 g/mol. The lowest BCUT2D eigenvalue weighted by molar-refractivity contribution is 0.308. The van der Waals surface area contributed by atoms with E-state index in [1.54, 1.807) is 12.1 Å². The van der Waals surface area contributed by atoms with Crippen LogP contribution in [0.15, 0.2) is 29.6 Å². The van der Waals surface area contributed by atoms with E-state index in [0.29, 0.717) is 12.4 Å². The van der Waals surface area contributed by atoms with Gasteiger partial charge in [0, 0.05) is 21.9 Å². The molecule has 0 unspecified atom stereocenters. The Hall–Kier alpha value is -2.34. The van der Waals surface area contributed by atoms with E-state index in [1.165, 1.54) is 23.5 Å². The van der Waals surface area contributed by atoms with E-state index in [-0.39, 0.29) is 12.2 Å². The average Bonchev–Trinajstić information content (AvgIpc) is 2.91. The van der Waals surface area contributed by atoms with Gasteiger partial charge in [-0.2, -0.15) is 5.26 Å². The van der Waals surface area contributed by atoms with Crippen LogP contribution in [0.2, 0.25) is 0 Å². The highest BCUT2D eigenvalue weighted by atomic mass is 32.1. The van der Waals surface area contributed by atoms with Crippen LogP contribution in [0.3, 0.4) is 0 Å². The van der Waals surface area contributed by atoms with Gasteiger partial charge in [0.05, 0.1) is 5.56 Å². The van der Waals surface area contributed by atoms with Gasteiger partial charge >= 0.3 is 0 Å². The fourth-order valence-electron chi connectivity index (χ4n) is 1.49. The first-order valence-electron chi connectivity index (χ1n) is 5.72. The summed E-state index contributed by atoms with van der Waals surface area (Å²) in [6.07, 6.45) is 0. The second-order valence-corrected chi connectivity index (χ2v) is 4.80. The first-order chi connectivity index (χ1) is 9.72. The molecule has 0 saturated carbocycles. The van der Waals surface area contributed by atoms with Crippen LogP contribution in [0.1, 0.15) is 16.0 Å². The van der Waals surface area contributed by atoms with Crippen LogP contribution in [0.4, 0.5) is 4.39 Å². The Kier molecular flexibility index (Phi) is 4.73. The first kappa shape index (κ1) is 14.1. The van der Waals surface area contributed by atoms with Crippen molar-refractivity contribution in [3.05, 3.63) is 51.5 Å². The van der Waals surface area contributed by atoms with Crippen molar-refractivity contribution in [3.63, 3.8) is 0 Å². The molecule has 5 heteroatoms. The maximum absolute atomic E-state index is 13.4. The molecule has 0 aliphatic rings. The summed E-state index contributed by atoms with van der Waals surface area (Å²) in [4.78, 5) is 0.942. The Morgan fingerprint density at radius 2 is 2.20 bits per heavy atom. The molecule has 0 aliphatic carbocycles. The number of benzene rings is 1. The van der Waals surface area contributed by atoms with Crippen LogP contribution in [-0.2, 0) is 6.61 Å². The highest BCUT2D eigenvalue weighted by Gasteiger charge is 2.04. The van der Waals surface area contributed by atoms with E-state index < -0.39 is 5.82 Å². The summed E-state index contributed by atoms with van der Waals surface area (Å²) in [7, 11) is 0. The lowest BCUT2D eigenvalue weighted by Crippen LogP contribution is -1.94. The van der Waals surface area contributed by atoms with Crippen LogP contribution >= 0.6 is 11.3 Å². The van der Waals surface area contributed by atoms with Crippen molar-refractivity contribution in [1.29, 1.82) is 5.26 Å². The summed E-state index contributed by atoms with van der Waals surface area (Å²) >= 11 is 1.48.